The van der Waals surface area contributed by atoms with Crippen LogP contribution < -0.4 is 10.6 Å². The van der Waals surface area contributed by atoms with Gasteiger partial charge in [-0.3, -0.25) is 14.5 Å². The van der Waals surface area contributed by atoms with Gasteiger partial charge in [0.05, 0.1) is 23.6 Å². The van der Waals surface area contributed by atoms with Crippen molar-refractivity contribution in [1.29, 1.82) is 0 Å². The normalized spacial score (nSPS) is 11.9. The molecular formula is C24H33N3O4S. The molecule has 7 nitrogen and oxygen atoms in total. The van der Waals surface area contributed by atoms with Gasteiger partial charge in [0.1, 0.15) is 5.00 Å². The molecule has 2 N–H and O–H groups in total. The zero-order valence-electron chi connectivity index (χ0n) is 19.9. The van der Waals surface area contributed by atoms with E-state index in [1.807, 2.05) is 50.9 Å². The summed E-state index contributed by atoms with van der Waals surface area (Å²) in [5, 5.41) is 6.06. The molecule has 1 aromatic carbocycles. The average Bonchev–Trinajstić information content (AvgIpc) is 3.05. The Morgan fingerprint density at radius 3 is 2.41 bits per heavy atom. The molecule has 174 valence electrons. The summed E-state index contributed by atoms with van der Waals surface area (Å²) in [6.45, 7) is 11.8. The SMILES string of the molecule is CCOC(=O)c1c(NC(=O)CN(C)C(C)CC)sc(C(=O)Nc2ccc(C)cc2C)c1C. The van der Waals surface area contributed by atoms with Crippen LogP contribution in [0, 0.1) is 20.8 Å². The first-order chi connectivity index (χ1) is 15.1. The molecule has 0 fully saturated rings. The molecule has 2 aromatic rings. The number of thiophene rings is 1. The van der Waals surface area contributed by atoms with Crippen molar-refractivity contribution in [2.24, 2.45) is 0 Å². The number of amides is 2. The van der Waals surface area contributed by atoms with E-state index in [-0.39, 0.29) is 36.6 Å². The Labute approximate surface area is 194 Å². The van der Waals surface area contributed by atoms with Crippen LogP contribution in [0.1, 0.15) is 63.9 Å². The Hall–Kier alpha value is -2.71. The summed E-state index contributed by atoms with van der Waals surface area (Å²) < 4.78 is 5.19. The summed E-state index contributed by atoms with van der Waals surface area (Å²) in [4.78, 5) is 40.6. The third kappa shape index (κ3) is 6.17. The van der Waals surface area contributed by atoms with Gasteiger partial charge in [0.25, 0.3) is 5.91 Å². The number of anilines is 2. The quantitative estimate of drug-likeness (QED) is 0.528. The Balaban J connectivity index is 2.33. The summed E-state index contributed by atoms with van der Waals surface area (Å²) in [6, 6.07) is 6.01. The molecule has 0 aliphatic carbocycles. The van der Waals surface area contributed by atoms with Gasteiger partial charge in [0, 0.05) is 11.7 Å². The van der Waals surface area contributed by atoms with Crippen LogP contribution in [0.15, 0.2) is 18.2 Å². The molecule has 8 heteroatoms. The molecule has 2 amide bonds. The zero-order chi connectivity index (χ0) is 24.0. The van der Waals surface area contributed by atoms with Gasteiger partial charge >= 0.3 is 5.97 Å². The van der Waals surface area contributed by atoms with Crippen molar-refractivity contribution < 1.29 is 19.1 Å². The van der Waals surface area contributed by atoms with E-state index in [2.05, 4.69) is 17.6 Å². The Kier molecular flexibility index (Phi) is 8.98. The van der Waals surface area contributed by atoms with Crippen molar-refractivity contribution in [3.8, 4) is 0 Å². The van der Waals surface area contributed by atoms with Crippen molar-refractivity contribution in [3.05, 3.63) is 45.3 Å². The first-order valence-electron chi connectivity index (χ1n) is 10.8. The second-order valence-corrected chi connectivity index (χ2v) is 8.99. The van der Waals surface area contributed by atoms with Gasteiger partial charge < -0.3 is 15.4 Å². The number of esters is 1. The van der Waals surface area contributed by atoms with Crippen LogP contribution >= 0.6 is 11.3 Å². The minimum absolute atomic E-state index is 0.179. The van der Waals surface area contributed by atoms with Gasteiger partial charge in [-0.25, -0.2) is 4.79 Å². The molecule has 0 spiro atoms. The maximum atomic E-state index is 13.0. The molecule has 0 saturated carbocycles. The Morgan fingerprint density at radius 2 is 1.81 bits per heavy atom. The highest BCUT2D eigenvalue weighted by Gasteiger charge is 2.27. The lowest BCUT2D eigenvalue weighted by Crippen LogP contribution is -2.36. The van der Waals surface area contributed by atoms with Crippen LogP contribution in [0.4, 0.5) is 10.7 Å². The fraction of sp³-hybridized carbons (Fsp3) is 0.458. The maximum Gasteiger partial charge on any atom is 0.341 e. The van der Waals surface area contributed by atoms with E-state index in [1.165, 1.54) is 0 Å². The lowest BCUT2D eigenvalue weighted by Gasteiger charge is -2.22. The van der Waals surface area contributed by atoms with Crippen molar-refractivity contribution in [2.75, 3.05) is 30.8 Å². The van der Waals surface area contributed by atoms with Gasteiger partial charge in [0.15, 0.2) is 0 Å². The third-order valence-corrected chi connectivity index (χ3v) is 6.66. The molecule has 1 heterocycles. The van der Waals surface area contributed by atoms with Crippen molar-refractivity contribution in [1.82, 2.24) is 4.90 Å². The van der Waals surface area contributed by atoms with Gasteiger partial charge in [-0.05, 0) is 65.3 Å². The van der Waals surface area contributed by atoms with Crippen LogP contribution in [0.25, 0.3) is 0 Å². The van der Waals surface area contributed by atoms with Gasteiger partial charge in [-0.2, -0.15) is 0 Å². The van der Waals surface area contributed by atoms with Crippen LogP contribution in [0.2, 0.25) is 0 Å². The minimum Gasteiger partial charge on any atom is -0.462 e. The predicted octanol–water partition coefficient (Wildman–Crippen LogP) is 4.77. The van der Waals surface area contributed by atoms with Gasteiger partial charge in [-0.15, -0.1) is 11.3 Å². The summed E-state index contributed by atoms with van der Waals surface area (Å²) in [5.41, 5.74) is 3.46. The lowest BCUT2D eigenvalue weighted by molar-refractivity contribution is -0.117. The second kappa shape index (κ2) is 11.2. The molecular weight excluding hydrogens is 426 g/mol. The Morgan fingerprint density at radius 1 is 1.12 bits per heavy atom. The number of nitrogens with zero attached hydrogens (tertiary/aromatic N) is 1. The zero-order valence-corrected chi connectivity index (χ0v) is 20.7. The molecule has 1 unspecified atom stereocenters. The molecule has 1 aromatic heterocycles. The Bertz CT molecular complexity index is 999. The molecule has 0 radical (unpaired) electrons. The minimum atomic E-state index is -0.558. The number of benzene rings is 1. The molecule has 32 heavy (non-hydrogen) atoms. The number of nitrogens with one attached hydrogen (secondary N) is 2. The first kappa shape index (κ1) is 25.5. The number of carbonyl (C=O) groups is 3. The number of carbonyl (C=O) groups excluding carboxylic acids is 3. The van der Waals surface area contributed by atoms with E-state index < -0.39 is 5.97 Å². The summed E-state index contributed by atoms with van der Waals surface area (Å²) in [7, 11) is 1.88. The number of likely N-dealkylation sites (N-methyl/N-ethyl adjacent to an activating group) is 1. The molecule has 1 atom stereocenters. The van der Waals surface area contributed by atoms with E-state index in [1.54, 1.807) is 13.8 Å². The first-order valence-corrected chi connectivity index (χ1v) is 11.6. The molecule has 0 aliphatic heterocycles. The lowest BCUT2D eigenvalue weighted by atomic mass is 10.1. The van der Waals surface area contributed by atoms with Crippen LogP contribution in [-0.4, -0.2) is 48.9 Å². The van der Waals surface area contributed by atoms with E-state index in [0.717, 1.165) is 28.9 Å². The topological polar surface area (TPSA) is 87.7 Å². The number of rotatable bonds is 9. The standard InChI is InChI=1S/C24H33N3O4S/c1-8-16(5)27(7)13-19(28)26-23-20(24(30)31-9-2)17(6)21(32-23)22(29)25-18-11-10-14(3)12-15(18)4/h10-12,16H,8-9,13H2,1-7H3,(H,25,29)(H,26,28). The van der Waals surface area contributed by atoms with Crippen LogP contribution in [0.5, 0.6) is 0 Å². The van der Waals surface area contributed by atoms with Crippen molar-refractivity contribution in [2.45, 2.75) is 54.0 Å². The highest BCUT2D eigenvalue weighted by Crippen LogP contribution is 2.34. The van der Waals surface area contributed by atoms with Crippen molar-refractivity contribution >= 4 is 39.8 Å². The third-order valence-electron chi connectivity index (χ3n) is 5.45. The molecule has 2 rings (SSSR count). The highest BCUT2D eigenvalue weighted by atomic mass is 32.1. The second-order valence-electron chi connectivity index (χ2n) is 7.97. The molecule has 0 bridgehead atoms. The van der Waals surface area contributed by atoms with E-state index in [9.17, 15) is 14.4 Å². The maximum absolute atomic E-state index is 13.0. The predicted molar refractivity (Wildman–Crippen MR) is 130 cm³/mol. The largest absolute Gasteiger partial charge is 0.462 e. The van der Waals surface area contributed by atoms with Gasteiger partial charge in [-0.1, -0.05) is 24.6 Å². The summed E-state index contributed by atoms with van der Waals surface area (Å²) in [5.74, 6) is -1.14. The van der Waals surface area contributed by atoms with E-state index in [0.29, 0.717) is 21.1 Å². The average molecular weight is 460 g/mol. The van der Waals surface area contributed by atoms with Crippen LogP contribution in [0.3, 0.4) is 0 Å². The van der Waals surface area contributed by atoms with Crippen molar-refractivity contribution in [3.63, 3.8) is 0 Å². The number of hydrogen-bond donors (Lipinski definition) is 2. The summed E-state index contributed by atoms with van der Waals surface area (Å²) >= 11 is 1.08. The molecule has 0 saturated heterocycles. The monoisotopic (exact) mass is 459 g/mol. The molecule has 0 aliphatic rings. The van der Waals surface area contributed by atoms with Crippen LogP contribution in [-0.2, 0) is 9.53 Å². The number of hydrogen-bond acceptors (Lipinski definition) is 6. The summed E-state index contributed by atoms with van der Waals surface area (Å²) in [6.07, 6.45) is 0.915. The van der Waals surface area contributed by atoms with E-state index in [4.69, 9.17) is 4.74 Å². The highest BCUT2D eigenvalue weighted by molar-refractivity contribution is 7.19. The number of ether oxygens (including phenoxy) is 1. The van der Waals surface area contributed by atoms with E-state index >= 15 is 0 Å². The fourth-order valence-corrected chi connectivity index (χ4v) is 4.37. The van der Waals surface area contributed by atoms with Gasteiger partial charge in [0.2, 0.25) is 5.91 Å². The smallest absolute Gasteiger partial charge is 0.341 e. The number of aryl methyl sites for hydroxylation is 2. The fourth-order valence-electron chi connectivity index (χ4n) is 3.26.